The maximum absolute atomic E-state index is 6.11. The molecule has 0 saturated carbocycles. The number of amidine groups is 2. The summed E-state index contributed by atoms with van der Waals surface area (Å²) in [5.41, 5.74) is 29.8. The first kappa shape index (κ1) is 23.9. The van der Waals surface area contributed by atoms with Gasteiger partial charge in [-0.15, -0.1) is 20.4 Å². The summed E-state index contributed by atoms with van der Waals surface area (Å²) < 4.78 is 0. The van der Waals surface area contributed by atoms with E-state index < -0.39 is 0 Å². The number of nitrogens with zero attached hydrogens (tertiary/aromatic N) is 4. The highest BCUT2D eigenvalue weighted by molar-refractivity contribution is 6.39. The van der Waals surface area contributed by atoms with Crippen molar-refractivity contribution in [2.75, 3.05) is 11.5 Å². The van der Waals surface area contributed by atoms with Crippen molar-refractivity contribution in [2.24, 2.45) is 31.9 Å². The Morgan fingerprint density at radius 2 is 0.694 bits per heavy atom. The molecule has 0 radical (unpaired) electrons. The molecule has 4 aromatic rings. The highest BCUT2D eigenvalue weighted by Gasteiger charge is 2.09. The SMILES string of the molecule is NC(=N/N=C(/c1ccccc1)c1ccc(N)cc1)C(N)=N/N=C(/c1ccccc1)c1ccc(N)cc1. The Morgan fingerprint density at radius 1 is 0.389 bits per heavy atom. The maximum Gasteiger partial charge on any atom is 0.190 e. The minimum atomic E-state index is -0.0626. The van der Waals surface area contributed by atoms with Gasteiger partial charge < -0.3 is 22.9 Å². The molecule has 8 heteroatoms. The summed E-state index contributed by atoms with van der Waals surface area (Å²) >= 11 is 0. The predicted octanol–water partition coefficient (Wildman–Crippen LogP) is 3.77. The molecule has 0 aliphatic rings. The van der Waals surface area contributed by atoms with Crippen LogP contribution in [0, 0.1) is 0 Å². The number of benzene rings is 4. The number of anilines is 2. The third kappa shape index (κ3) is 6.00. The quantitative estimate of drug-likeness (QED) is 0.145. The van der Waals surface area contributed by atoms with Crippen molar-refractivity contribution in [3.05, 3.63) is 131 Å². The third-order valence-corrected chi connectivity index (χ3v) is 5.24. The van der Waals surface area contributed by atoms with Crippen LogP contribution in [0.5, 0.6) is 0 Å². The van der Waals surface area contributed by atoms with Gasteiger partial charge in [-0.2, -0.15) is 0 Å². The van der Waals surface area contributed by atoms with E-state index >= 15 is 0 Å². The largest absolute Gasteiger partial charge is 0.399 e. The summed E-state index contributed by atoms with van der Waals surface area (Å²) in [6.45, 7) is 0. The van der Waals surface area contributed by atoms with E-state index in [1.165, 1.54) is 0 Å². The molecule has 0 heterocycles. The first-order chi connectivity index (χ1) is 17.5. The van der Waals surface area contributed by atoms with Crippen molar-refractivity contribution < 1.29 is 0 Å². The molecule has 8 N–H and O–H groups in total. The normalized spacial score (nSPS) is 13.0. The molecule has 0 aromatic heterocycles. The fourth-order valence-electron chi connectivity index (χ4n) is 3.35. The zero-order valence-electron chi connectivity index (χ0n) is 19.5. The third-order valence-electron chi connectivity index (χ3n) is 5.24. The number of nitrogen functional groups attached to an aromatic ring is 2. The Hall–Kier alpha value is -5.24. The van der Waals surface area contributed by atoms with Crippen molar-refractivity contribution in [1.29, 1.82) is 0 Å². The Balaban J connectivity index is 1.69. The van der Waals surface area contributed by atoms with Gasteiger partial charge in [-0.25, -0.2) is 0 Å². The summed E-state index contributed by atoms with van der Waals surface area (Å²) in [7, 11) is 0. The Labute approximate surface area is 209 Å². The molecule has 4 rings (SSSR count). The van der Waals surface area contributed by atoms with Crippen LogP contribution >= 0.6 is 0 Å². The van der Waals surface area contributed by atoms with Crippen molar-refractivity contribution in [3.8, 4) is 0 Å². The molecule has 8 nitrogen and oxygen atoms in total. The van der Waals surface area contributed by atoms with Crippen molar-refractivity contribution in [2.45, 2.75) is 0 Å². The van der Waals surface area contributed by atoms with Crippen LogP contribution in [0.1, 0.15) is 22.3 Å². The van der Waals surface area contributed by atoms with E-state index in [9.17, 15) is 0 Å². The first-order valence-electron chi connectivity index (χ1n) is 11.2. The molecule has 0 fully saturated rings. The lowest BCUT2D eigenvalue weighted by Gasteiger charge is -2.07. The van der Waals surface area contributed by atoms with Gasteiger partial charge in [-0.05, 0) is 24.3 Å². The van der Waals surface area contributed by atoms with E-state index in [1.54, 1.807) is 24.3 Å². The minimum Gasteiger partial charge on any atom is -0.399 e. The number of hydrogen-bond acceptors (Lipinski definition) is 6. The van der Waals surface area contributed by atoms with Crippen molar-refractivity contribution in [1.82, 2.24) is 0 Å². The van der Waals surface area contributed by atoms with Gasteiger partial charge in [0.2, 0.25) is 0 Å². The maximum atomic E-state index is 6.11. The standard InChI is InChI=1S/C28H26N8/c29-23-15-11-21(12-16-23)25(19-7-3-1-4-8-19)33-35-27(31)28(32)36-34-26(20-9-5-2-6-10-20)22-13-17-24(30)18-14-22/h1-18H,29-30H2,(H2,31,35)(H2,32,36)/b33-25-,34-26-. The van der Waals surface area contributed by atoms with E-state index in [-0.39, 0.29) is 11.7 Å². The zero-order chi connectivity index (χ0) is 25.3. The minimum absolute atomic E-state index is 0.0626. The molecule has 0 amide bonds. The average molecular weight is 475 g/mol. The Morgan fingerprint density at radius 3 is 1.03 bits per heavy atom. The summed E-state index contributed by atoms with van der Waals surface area (Å²) in [6, 6.07) is 33.9. The smallest absolute Gasteiger partial charge is 0.190 e. The molecule has 36 heavy (non-hydrogen) atoms. The first-order valence-corrected chi connectivity index (χ1v) is 11.2. The fourth-order valence-corrected chi connectivity index (χ4v) is 3.35. The molecule has 0 aliphatic carbocycles. The topological polar surface area (TPSA) is 154 Å². The van der Waals surface area contributed by atoms with E-state index in [1.807, 2.05) is 84.9 Å². The lowest BCUT2D eigenvalue weighted by molar-refractivity contribution is 1.20. The van der Waals surface area contributed by atoms with Crippen LogP contribution in [-0.2, 0) is 0 Å². The van der Waals surface area contributed by atoms with Gasteiger partial charge in [-0.1, -0.05) is 84.9 Å². The molecule has 178 valence electrons. The van der Waals surface area contributed by atoms with Gasteiger partial charge in [0.15, 0.2) is 11.7 Å². The van der Waals surface area contributed by atoms with Gasteiger partial charge >= 0.3 is 0 Å². The second-order valence-electron chi connectivity index (χ2n) is 7.84. The highest BCUT2D eigenvalue weighted by atomic mass is 15.3. The Kier molecular flexibility index (Phi) is 7.47. The van der Waals surface area contributed by atoms with Gasteiger partial charge in [0, 0.05) is 33.6 Å². The van der Waals surface area contributed by atoms with Crippen LogP contribution in [0.3, 0.4) is 0 Å². The molecule has 0 bridgehead atoms. The van der Waals surface area contributed by atoms with Crippen molar-refractivity contribution >= 4 is 34.5 Å². The van der Waals surface area contributed by atoms with E-state index in [0.717, 1.165) is 22.3 Å². The van der Waals surface area contributed by atoms with Crippen LogP contribution in [0.4, 0.5) is 11.4 Å². The van der Waals surface area contributed by atoms with Crippen molar-refractivity contribution in [3.63, 3.8) is 0 Å². The second kappa shape index (κ2) is 11.3. The summed E-state index contributed by atoms with van der Waals surface area (Å²) in [6.07, 6.45) is 0. The second-order valence-corrected chi connectivity index (χ2v) is 7.84. The molecule has 0 aliphatic heterocycles. The van der Waals surface area contributed by atoms with Gasteiger partial charge in [0.05, 0.1) is 0 Å². The van der Waals surface area contributed by atoms with E-state index in [0.29, 0.717) is 22.8 Å². The Bertz CT molecular complexity index is 1310. The van der Waals surface area contributed by atoms with Crippen LogP contribution in [0.25, 0.3) is 0 Å². The molecule has 0 saturated heterocycles. The average Bonchev–Trinajstić information content (AvgIpc) is 2.92. The lowest BCUT2D eigenvalue weighted by Crippen LogP contribution is -2.31. The fraction of sp³-hybridized carbons (Fsp3) is 0. The summed E-state index contributed by atoms with van der Waals surface area (Å²) in [4.78, 5) is 0. The van der Waals surface area contributed by atoms with Gasteiger partial charge in [0.25, 0.3) is 0 Å². The summed E-state index contributed by atoms with van der Waals surface area (Å²) in [5.74, 6) is -0.125. The van der Waals surface area contributed by atoms with Crippen LogP contribution in [-0.4, -0.2) is 23.1 Å². The molecule has 0 spiro atoms. The van der Waals surface area contributed by atoms with Crippen LogP contribution in [0.15, 0.2) is 130 Å². The lowest BCUT2D eigenvalue weighted by atomic mass is 10.0. The summed E-state index contributed by atoms with van der Waals surface area (Å²) in [5, 5.41) is 17.1. The van der Waals surface area contributed by atoms with Crippen LogP contribution in [0.2, 0.25) is 0 Å². The monoisotopic (exact) mass is 474 g/mol. The van der Waals surface area contributed by atoms with Gasteiger partial charge in [-0.3, -0.25) is 0 Å². The molecule has 0 unspecified atom stereocenters. The highest BCUT2D eigenvalue weighted by Crippen LogP contribution is 2.15. The van der Waals surface area contributed by atoms with Gasteiger partial charge in [0.1, 0.15) is 11.4 Å². The molecule has 0 atom stereocenters. The number of hydrogen-bond donors (Lipinski definition) is 4. The molecule has 4 aromatic carbocycles. The molecular weight excluding hydrogens is 448 g/mol. The van der Waals surface area contributed by atoms with E-state index in [2.05, 4.69) is 20.4 Å². The van der Waals surface area contributed by atoms with Crippen LogP contribution < -0.4 is 22.9 Å². The number of nitrogens with two attached hydrogens (primary N) is 4. The molecular formula is C28H26N8. The van der Waals surface area contributed by atoms with E-state index in [4.69, 9.17) is 22.9 Å². The predicted molar refractivity (Wildman–Crippen MR) is 149 cm³/mol. The number of rotatable bonds is 6. The zero-order valence-corrected chi connectivity index (χ0v) is 19.5.